The maximum atomic E-state index is 12.9. The molecule has 2 aliphatic heterocycles. The number of nitrogens with zero attached hydrogens (tertiary/aromatic N) is 7. The van der Waals surface area contributed by atoms with E-state index in [4.69, 9.17) is 10.6 Å². The van der Waals surface area contributed by atoms with Crippen LogP contribution < -0.4 is 11.1 Å². The molecule has 4 heterocycles. The van der Waals surface area contributed by atoms with E-state index in [1.54, 1.807) is 11.5 Å². The number of oxime groups is 1. The monoisotopic (exact) mass is 539 g/mol. The molecule has 0 bridgehead atoms. The summed E-state index contributed by atoms with van der Waals surface area (Å²) in [5.41, 5.74) is 4.55. The molecule has 0 radical (unpaired) electrons. The lowest BCUT2D eigenvalue weighted by molar-refractivity contribution is -0.157. The molecule has 0 aliphatic carbocycles. The number of carbonyl (C=O) groups is 3. The van der Waals surface area contributed by atoms with Gasteiger partial charge in [-0.1, -0.05) is 23.0 Å². The van der Waals surface area contributed by atoms with Crippen molar-refractivity contribution in [1.29, 1.82) is 0 Å². The van der Waals surface area contributed by atoms with Crippen LogP contribution in [0.1, 0.15) is 5.69 Å². The number of tetrazole rings is 1. The number of thiazole rings is 1. The zero-order valence-electron chi connectivity index (χ0n) is 18.4. The fraction of sp³-hybridized carbons (Fsp3) is 0.444. The van der Waals surface area contributed by atoms with Crippen molar-refractivity contribution in [3.8, 4) is 0 Å². The van der Waals surface area contributed by atoms with Crippen LogP contribution in [0.2, 0.25) is 0 Å². The molecule has 2 aromatic heterocycles. The SMILES string of the molecule is C=CCn1nnnc1SCC1(C(=O)O)CS[C@@H]2C(NC(=O)C(=NOC)c3csc(N)n3)C(=O)N2C1. The van der Waals surface area contributed by atoms with Gasteiger partial charge in [0.25, 0.3) is 5.91 Å². The average molecular weight is 540 g/mol. The number of nitrogen functional groups attached to an aromatic ring is 1. The van der Waals surface area contributed by atoms with Gasteiger partial charge in [-0.3, -0.25) is 14.4 Å². The Morgan fingerprint density at radius 1 is 1.54 bits per heavy atom. The molecule has 2 unspecified atom stereocenters. The smallest absolute Gasteiger partial charge is 0.313 e. The molecule has 2 aliphatic rings. The Morgan fingerprint density at radius 3 is 3.00 bits per heavy atom. The number of carboxylic acids is 1. The number of rotatable bonds is 10. The van der Waals surface area contributed by atoms with Crippen molar-refractivity contribution in [2.75, 3.05) is 30.9 Å². The molecule has 4 N–H and O–H groups in total. The Labute approximate surface area is 211 Å². The molecule has 4 rings (SSSR count). The zero-order valence-corrected chi connectivity index (χ0v) is 20.8. The predicted molar refractivity (Wildman–Crippen MR) is 129 cm³/mol. The van der Waals surface area contributed by atoms with Crippen LogP contribution in [0.15, 0.2) is 28.3 Å². The number of fused-ring (bicyclic) bond motifs is 1. The number of β-lactam (4-membered cyclic amide) rings is 1. The van der Waals surface area contributed by atoms with E-state index >= 15 is 0 Å². The molecule has 17 heteroatoms. The number of aliphatic carboxylic acids is 1. The molecule has 0 aromatic carbocycles. The summed E-state index contributed by atoms with van der Waals surface area (Å²) in [6.07, 6.45) is 1.63. The Hall–Kier alpha value is -3.18. The number of carbonyl (C=O) groups excluding carboxylic acids is 2. The van der Waals surface area contributed by atoms with E-state index in [1.807, 2.05) is 0 Å². The third kappa shape index (κ3) is 4.83. The van der Waals surface area contributed by atoms with E-state index in [9.17, 15) is 19.5 Å². The van der Waals surface area contributed by atoms with Gasteiger partial charge in [0, 0.05) is 23.4 Å². The number of nitrogens with two attached hydrogens (primary N) is 1. The lowest BCUT2D eigenvalue weighted by atomic mass is 9.89. The molecule has 35 heavy (non-hydrogen) atoms. The van der Waals surface area contributed by atoms with Crippen molar-refractivity contribution in [1.82, 2.24) is 35.4 Å². The van der Waals surface area contributed by atoms with Crippen LogP contribution in [0, 0.1) is 5.41 Å². The highest BCUT2D eigenvalue weighted by molar-refractivity contribution is 8.00. The number of hydrogen-bond donors (Lipinski definition) is 3. The number of nitrogens with one attached hydrogen (secondary N) is 1. The van der Waals surface area contributed by atoms with Crippen molar-refractivity contribution < 1.29 is 24.3 Å². The number of allylic oxidation sites excluding steroid dienone is 1. The van der Waals surface area contributed by atoms with Crippen LogP contribution in [0.25, 0.3) is 0 Å². The second-order valence-corrected chi connectivity index (χ2v) is 10.6. The fourth-order valence-electron chi connectivity index (χ4n) is 3.55. The van der Waals surface area contributed by atoms with Gasteiger partial charge in [-0.05, 0) is 10.4 Å². The standard InChI is InChI=1S/C18H21N9O5S3/c1-3-4-27-17(22-24-25-27)35-8-18(15(30)31)6-26-13(29)11(14(26)34-7-18)21-12(28)10(23-32-2)9-5-33-16(19)20-9/h3,5,11,14H,1,4,6-8H2,2H3,(H2,19,20)(H,21,28)(H,30,31)/t11?,14-,18?/m1/s1. The van der Waals surface area contributed by atoms with Crippen molar-refractivity contribution in [2.45, 2.75) is 23.1 Å². The first-order valence-corrected chi connectivity index (χ1v) is 13.0. The third-order valence-electron chi connectivity index (χ3n) is 5.33. The van der Waals surface area contributed by atoms with Crippen molar-refractivity contribution in [2.24, 2.45) is 10.6 Å². The van der Waals surface area contributed by atoms with Gasteiger partial charge in [-0.2, -0.15) is 0 Å². The highest BCUT2D eigenvalue weighted by atomic mass is 32.2. The third-order valence-corrected chi connectivity index (χ3v) is 8.83. The van der Waals surface area contributed by atoms with Crippen molar-refractivity contribution in [3.05, 3.63) is 23.7 Å². The summed E-state index contributed by atoms with van der Waals surface area (Å²) in [4.78, 5) is 48.2. The number of carboxylic acid groups (broad SMARTS) is 1. The van der Waals surface area contributed by atoms with Crippen molar-refractivity contribution in [3.63, 3.8) is 0 Å². The van der Waals surface area contributed by atoms with Crippen LogP contribution in [0.3, 0.4) is 0 Å². The second-order valence-electron chi connectivity index (χ2n) is 7.62. The van der Waals surface area contributed by atoms with Crippen LogP contribution in [0.4, 0.5) is 5.13 Å². The minimum Gasteiger partial charge on any atom is -0.481 e. The summed E-state index contributed by atoms with van der Waals surface area (Å²) in [6.45, 7) is 4.04. The normalized spacial score (nSPS) is 23.9. The van der Waals surface area contributed by atoms with E-state index in [0.29, 0.717) is 11.7 Å². The molecule has 0 spiro atoms. The predicted octanol–water partition coefficient (Wildman–Crippen LogP) is -0.488. The number of anilines is 1. The lowest BCUT2D eigenvalue weighted by Crippen LogP contribution is -2.74. The Morgan fingerprint density at radius 2 is 2.34 bits per heavy atom. The van der Waals surface area contributed by atoms with E-state index in [2.05, 4.69) is 37.6 Å². The van der Waals surface area contributed by atoms with Gasteiger partial charge in [0.1, 0.15) is 29.6 Å². The summed E-state index contributed by atoms with van der Waals surface area (Å²) >= 11 is 3.64. The first-order chi connectivity index (χ1) is 16.8. The molecule has 0 saturated carbocycles. The van der Waals surface area contributed by atoms with E-state index < -0.39 is 28.7 Å². The summed E-state index contributed by atoms with van der Waals surface area (Å²) in [7, 11) is 1.29. The van der Waals surface area contributed by atoms with Crippen LogP contribution in [-0.2, 0) is 25.8 Å². The quantitative estimate of drug-likeness (QED) is 0.116. The molecular weight excluding hydrogens is 518 g/mol. The van der Waals surface area contributed by atoms with Gasteiger partial charge in [0.2, 0.25) is 11.1 Å². The number of aromatic nitrogens is 5. The van der Waals surface area contributed by atoms with E-state index in [0.717, 1.165) is 11.3 Å². The highest BCUT2D eigenvalue weighted by Crippen LogP contribution is 2.44. The second kappa shape index (κ2) is 10.2. The van der Waals surface area contributed by atoms with Crippen LogP contribution in [0.5, 0.6) is 0 Å². The van der Waals surface area contributed by atoms with E-state index in [1.165, 1.54) is 40.2 Å². The first-order valence-electron chi connectivity index (χ1n) is 10.1. The van der Waals surface area contributed by atoms with Gasteiger partial charge in [-0.15, -0.1) is 34.8 Å². The maximum Gasteiger partial charge on any atom is 0.313 e. The Bertz CT molecular complexity index is 1180. The topological polar surface area (TPSA) is 191 Å². The van der Waals surface area contributed by atoms with Gasteiger partial charge >= 0.3 is 5.97 Å². The van der Waals surface area contributed by atoms with Gasteiger partial charge in [0.15, 0.2) is 10.8 Å². The van der Waals surface area contributed by atoms with E-state index in [-0.39, 0.29) is 40.5 Å². The summed E-state index contributed by atoms with van der Waals surface area (Å²) in [5.74, 6) is -1.64. The molecule has 2 saturated heterocycles. The van der Waals surface area contributed by atoms with Crippen LogP contribution >= 0.6 is 34.9 Å². The molecule has 2 amide bonds. The zero-order chi connectivity index (χ0) is 25.2. The number of hydrogen-bond acceptors (Lipinski definition) is 13. The molecule has 3 atom stereocenters. The molecule has 14 nitrogen and oxygen atoms in total. The average Bonchev–Trinajstić information content (AvgIpc) is 3.48. The number of amides is 2. The molecule has 2 aromatic rings. The fourth-order valence-corrected chi connectivity index (χ4v) is 6.84. The van der Waals surface area contributed by atoms with Gasteiger partial charge in [0.05, 0.1) is 6.54 Å². The summed E-state index contributed by atoms with van der Waals surface area (Å²) < 4.78 is 1.52. The molecule has 186 valence electrons. The summed E-state index contributed by atoms with van der Waals surface area (Å²) in [5, 5.41) is 29.7. The first kappa shape index (κ1) is 24.9. The maximum absolute atomic E-state index is 12.9. The largest absolute Gasteiger partial charge is 0.481 e. The Balaban J connectivity index is 1.42. The summed E-state index contributed by atoms with van der Waals surface area (Å²) in [6, 6.07) is -0.829. The van der Waals surface area contributed by atoms with Crippen LogP contribution in [-0.4, -0.2) is 95.3 Å². The minimum absolute atomic E-state index is 0.00284. The highest BCUT2D eigenvalue weighted by Gasteiger charge is 2.57. The number of thioether (sulfide) groups is 2. The lowest BCUT2D eigenvalue weighted by Gasteiger charge is -2.53. The van der Waals surface area contributed by atoms with Crippen molar-refractivity contribution >= 4 is 63.5 Å². The molecule has 2 fully saturated rings. The van der Waals surface area contributed by atoms with Gasteiger partial charge < -0.3 is 25.9 Å². The minimum atomic E-state index is -1.21. The molecular formula is C18H21N9O5S3. The Kier molecular flexibility index (Phi) is 7.27. The van der Waals surface area contributed by atoms with Gasteiger partial charge in [-0.25, -0.2) is 9.67 Å².